The van der Waals surface area contributed by atoms with E-state index in [0.717, 1.165) is 0 Å². The van der Waals surface area contributed by atoms with Crippen LogP contribution in [0, 0.1) is 10.1 Å². The third-order valence-electron chi connectivity index (χ3n) is 2.30. The van der Waals surface area contributed by atoms with Crippen LogP contribution < -0.4 is 4.74 Å². The van der Waals surface area contributed by atoms with Gasteiger partial charge < -0.3 is 14.2 Å². The van der Waals surface area contributed by atoms with Crippen LogP contribution in [-0.2, 0) is 9.47 Å². The average Bonchev–Trinajstić information content (AvgIpc) is 2.36. The smallest absolute Gasteiger partial charge is 0.429 e. The van der Waals surface area contributed by atoms with E-state index in [1.54, 1.807) is 6.92 Å². The molecule has 0 radical (unpaired) electrons. The number of non-ortho nitro benzene ring substituents is 1. The lowest BCUT2D eigenvalue weighted by Crippen LogP contribution is -2.28. The molecule has 1 aromatic carbocycles. The molecule has 0 aliphatic rings. The van der Waals surface area contributed by atoms with Gasteiger partial charge >= 0.3 is 6.16 Å². The lowest BCUT2D eigenvalue weighted by molar-refractivity contribution is -0.384. The minimum absolute atomic E-state index is 0.0809. The van der Waals surface area contributed by atoms with Gasteiger partial charge in [0.15, 0.2) is 0 Å². The summed E-state index contributed by atoms with van der Waals surface area (Å²) in [5, 5.41) is 10.5. The van der Waals surface area contributed by atoms with Crippen LogP contribution in [-0.4, -0.2) is 29.4 Å². The van der Waals surface area contributed by atoms with Gasteiger partial charge in [-0.15, -0.1) is 0 Å². The summed E-state index contributed by atoms with van der Waals surface area (Å²) in [5.74, 6) is 0.175. The minimum atomic E-state index is -0.881. The molecule has 0 fully saturated rings. The molecule has 0 heterocycles. The highest BCUT2D eigenvalue weighted by Crippen LogP contribution is 2.18. The van der Waals surface area contributed by atoms with Crippen molar-refractivity contribution in [3.8, 4) is 5.75 Å². The first kappa shape index (κ1) is 16.9. The van der Waals surface area contributed by atoms with Gasteiger partial charge in [-0.3, -0.25) is 10.1 Å². The first-order chi connectivity index (χ1) is 9.67. The molecule has 7 nitrogen and oxygen atoms in total. The van der Waals surface area contributed by atoms with Crippen LogP contribution in [0.3, 0.4) is 0 Å². The molecule has 0 N–H and O–H groups in total. The van der Waals surface area contributed by atoms with Gasteiger partial charge in [-0.2, -0.15) is 0 Å². The largest absolute Gasteiger partial charge is 0.514 e. The lowest BCUT2D eigenvalue weighted by atomic mass is 10.2. The van der Waals surface area contributed by atoms with Gasteiger partial charge in [0, 0.05) is 12.1 Å². The topological polar surface area (TPSA) is 87.9 Å². The highest BCUT2D eigenvalue weighted by molar-refractivity contribution is 5.64. The Labute approximate surface area is 123 Å². The normalized spacial score (nSPS) is 12.6. The second kappa shape index (κ2) is 7.03. The van der Waals surface area contributed by atoms with Gasteiger partial charge in [0.25, 0.3) is 5.69 Å². The van der Waals surface area contributed by atoms with Crippen molar-refractivity contribution in [2.24, 2.45) is 0 Å². The van der Waals surface area contributed by atoms with E-state index in [9.17, 15) is 14.9 Å². The zero-order valence-electron chi connectivity index (χ0n) is 12.5. The number of ether oxygens (including phenoxy) is 3. The molecule has 0 aromatic heterocycles. The molecule has 0 saturated heterocycles. The number of rotatable bonds is 5. The summed E-state index contributed by atoms with van der Waals surface area (Å²) in [6, 6.07) is 5.15. The van der Waals surface area contributed by atoms with Gasteiger partial charge in [-0.05, 0) is 39.8 Å². The molecule has 0 bridgehead atoms. The fourth-order valence-electron chi connectivity index (χ4n) is 1.32. The summed E-state index contributed by atoms with van der Waals surface area (Å²) in [6.07, 6.45) is -1.34. The van der Waals surface area contributed by atoms with Crippen LogP contribution in [0.5, 0.6) is 5.75 Å². The molecule has 0 spiro atoms. The maximum atomic E-state index is 11.5. The molecule has 0 aliphatic carbocycles. The average molecular weight is 297 g/mol. The summed E-state index contributed by atoms with van der Waals surface area (Å²) < 4.78 is 15.4. The predicted molar refractivity (Wildman–Crippen MR) is 75.4 cm³/mol. The van der Waals surface area contributed by atoms with Crippen LogP contribution in [0.2, 0.25) is 0 Å². The third kappa shape index (κ3) is 6.71. The van der Waals surface area contributed by atoms with Gasteiger partial charge in [-0.1, -0.05) is 0 Å². The number of benzene rings is 1. The van der Waals surface area contributed by atoms with Crippen LogP contribution in [0.1, 0.15) is 27.7 Å². The Bertz CT molecular complexity index is 491. The third-order valence-corrected chi connectivity index (χ3v) is 2.30. The Hall–Kier alpha value is -2.15. The highest BCUT2D eigenvalue weighted by atomic mass is 16.7. The number of nitro benzene ring substituents is 1. The second-order valence-electron chi connectivity index (χ2n) is 5.45. The maximum Gasteiger partial charge on any atom is 0.514 e. The minimum Gasteiger partial charge on any atom is -0.429 e. The molecule has 116 valence electrons. The SMILES string of the molecule is CC(COC(C)(C)C)OC(=O)Oc1ccc([N+](=O)[O-])cc1. The molecule has 1 atom stereocenters. The molecule has 1 aromatic rings. The van der Waals surface area contributed by atoms with Crippen molar-refractivity contribution in [3.05, 3.63) is 34.4 Å². The lowest BCUT2D eigenvalue weighted by Gasteiger charge is -2.22. The summed E-state index contributed by atoms with van der Waals surface area (Å²) in [7, 11) is 0. The molecule has 0 amide bonds. The molecule has 1 rings (SSSR count). The molecular formula is C14H19NO6. The van der Waals surface area contributed by atoms with Gasteiger partial charge in [-0.25, -0.2) is 4.79 Å². The number of nitro groups is 1. The highest BCUT2D eigenvalue weighted by Gasteiger charge is 2.17. The Morgan fingerprint density at radius 2 is 1.86 bits per heavy atom. The fraction of sp³-hybridized carbons (Fsp3) is 0.500. The first-order valence-corrected chi connectivity index (χ1v) is 6.44. The van der Waals surface area contributed by atoms with Gasteiger partial charge in [0.05, 0.1) is 17.1 Å². The van der Waals surface area contributed by atoms with Crippen LogP contribution >= 0.6 is 0 Å². The van der Waals surface area contributed by atoms with Crippen molar-refractivity contribution < 1.29 is 23.9 Å². The molecule has 7 heteroatoms. The summed E-state index contributed by atoms with van der Waals surface area (Å²) in [6.45, 7) is 7.63. The summed E-state index contributed by atoms with van der Waals surface area (Å²) in [5.41, 5.74) is -0.400. The standard InChI is InChI=1S/C14H19NO6/c1-10(9-19-14(2,3)4)20-13(16)21-12-7-5-11(6-8-12)15(17)18/h5-8,10H,9H2,1-4H3. The Kier molecular flexibility index (Phi) is 5.66. The van der Waals surface area contributed by atoms with Gasteiger partial charge in [0.2, 0.25) is 0 Å². The van der Waals surface area contributed by atoms with E-state index in [1.807, 2.05) is 20.8 Å². The van der Waals surface area contributed by atoms with Crippen molar-refractivity contribution in [2.75, 3.05) is 6.61 Å². The number of carbonyl (C=O) groups is 1. The maximum absolute atomic E-state index is 11.5. The van der Waals surface area contributed by atoms with Crippen molar-refractivity contribution in [1.29, 1.82) is 0 Å². The van der Waals surface area contributed by atoms with Crippen LogP contribution in [0.15, 0.2) is 24.3 Å². The van der Waals surface area contributed by atoms with E-state index in [2.05, 4.69) is 0 Å². The van der Waals surface area contributed by atoms with Crippen molar-refractivity contribution in [2.45, 2.75) is 39.4 Å². The van der Waals surface area contributed by atoms with E-state index in [0.29, 0.717) is 0 Å². The summed E-state index contributed by atoms with van der Waals surface area (Å²) in [4.78, 5) is 21.5. The number of hydrogen-bond acceptors (Lipinski definition) is 6. The van der Waals surface area contributed by atoms with E-state index in [4.69, 9.17) is 14.2 Å². The van der Waals surface area contributed by atoms with Crippen molar-refractivity contribution in [3.63, 3.8) is 0 Å². The van der Waals surface area contributed by atoms with E-state index in [-0.39, 0.29) is 23.6 Å². The Morgan fingerprint density at radius 1 is 1.29 bits per heavy atom. The molecular weight excluding hydrogens is 278 g/mol. The number of hydrogen-bond donors (Lipinski definition) is 0. The van der Waals surface area contributed by atoms with Crippen LogP contribution in [0.4, 0.5) is 10.5 Å². The second-order valence-corrected chi connectivity index (χ2v) is 5.45. The quantitative estimate of drug-likeness (QED) is 0.358. The van der Waals surface area contributed by atoms with Gasteiger partial charge in [0.1, 0.15) is 11.9 Å². The predicted octanol–water partition coefficient (Wildman–Crippen LogP) is 3.31. The van der Waals surface area contributed by atoms with E-state index < -0.39 is 17.2 Å². The monoisotopic (exact) mass is 297 g/mol. The Morgan fingerprint density at radius 3 is 2.33 bits per heavy atom. The van der Waals surface area contributed by atoms with Crippen molar-refractivity contribution >= 4 is 11.8 Å². The van der Waals surface area contributed by atoms with E-state index in [1.165, 1.54) is 24.3 Å². The van der Waals surface area contributed by atoms with Crippen LogP contribution in [0.25, 0.3) is 0 Å². The zero-order valence-corrected chi connectivity index (χ0v) is 12.5. The molecule has 0 saturated carbocycles. The van der Waals surface area contributed by atoms with E-state index >= 15 is 0 Å². The number of carbonyl (C=O) groups excluding carboxylic acids is 1. The molecule has 1 unspecified atom stereocenters. The van der Waals surface area contributed by atoms with Crippen molar-refractivity contribution in [1.82, 2.24) is 0 Å². The molecule has 21 heavy (non-hydrogen) atoms. The zero-order chi connectivity index (χ0) is 16.0. The Balaban J connectivity index is 2.44. The summed E-state index contributed by atoms with van der Waals surface area (Å²) >= 11 is 0. The fourth-order valence-corrected chi connectivity index (χ4v) is 1.32. The molecule has 0 aliphatic heterocycles. The number of nitrogens with zero attached hydrogens (tertiary/aromatic N) is 1. The first-order valence-electron chi connectivity index (χ1n) is 6.44.